The molecule has 2 nitrogen and oxygen atoms in total. The van der Waals surface area contributed by atoms with E-state index < -0.39 is 0 Å². The Bertz CT molecular complexity index is 245. The summed E-state index contributed by atoms with van der Waals surface area (Å²) < 4.78 is 5.27. The van der Waals surface area contributed by atoms with Gasteiger partial charge in [-0.05, 0) is 12.8 Å². The van der Waals surface area contributed by atoms with Crippen molar-refractivity contribution in [2.24, 2.45) is 0 Å². The minimum atomic E-state index is 0.596. The van der Waals surface area contributed by atoms with Crippen LogP contribution in [0.2, 0.25) is 0 Å². The molecule has 0 bridgehead atoms. The molecule has 0 amide bonds. The highest BCUT2D eigenvalue weighted by atomic mass is 32.1. The minimum Gasteiger partial charge on any atom is -0.381 e. The van der Waals surface area contributed by atoms with Gasteiger partial charge in [-0.3, -0.25) is 0 Å². The van der Waals surface area contributed by atoms with Crippen molar-refractivity contribution < 1.29 is 4.74 Å². The zero-order valence-corrected chi connectivity index (χ0v) is 9.36. The molecule has 0 saturated carbocycles. The molecule has 0 saturated heterocycles. The Kier molecular flexibility index (Phi) is 4.39. The maximum atomic E-state index is 5.27. The van der Waals surface area contributed by atoms with Crippen LogP contribution in [-0.4, -0.2) is 18.2 Å². The summed E-state index contributed by atoms with van der Waals surface area (Å²) in [6, 6.07) is 0. The predicted octanol–water partition coefficient (Wildman–Crippen LogP) is 2.85. The molecule has 0 aromatic carbocycles. The SMILES string of the molecule is CCOCCc1ncc(C(C)C)s1. The van der Waals surface area contributed by atoms with Crippen LogP contribution in [0, 0.1) is 0 Å². The van der Waals surface area contributed by atoms with E-state index in [1.165, 1.54) is 9.88 Å². The molecule has 0 radical (unpaired) electrons. The number of thiazole rings is 1. The first-order chi connectivity index (χ1) is 6.24. The lowest BCUT2D eigenvalue weighted by Crippen LogP contribution is -1.96. The summed E-state index contributed by atoms with van der Waals surface area (Å²) in [4.78, 5) is 5.71. The van der Waals surface area contributed by atoms with E-state index in [0.717, 1.165) is 19.6 Å². The lowest BCUT2D eigenvalue weighted by molar-refractivity contribution is 0.151. The molecule has 3 heteroatoms. The van der Waals surface area contributed by atoms with Crippen LogP contribution in [0.5, 0.6) is 0 Å². The largest absolute Gasteiger partial charge is 0.381 e. The van der Waals surface area contributed by atoms with E-state index in [1.54, 1.807) is 11.3 Å². The van der Waals surface area contributed by atoms with Gasteiger partial charge < -0.3 is 4.74 Å². The van der Waals surface area contributed by atoms with Gasteiger partial charge in [-0.2, -0.15) is 0 Å². The topological polar surface area (TPSA) is 22.1 Å². The van der Waals surface area contributed by atoms with Gasteiger partial charge >= 0.3 is 0 Å². The summed E-state index contributed by atoms with van der Waals surface area (Å²) in [5.74, 6) is 0.596. The van der Waals surface area contributed by atoms with E-state index in [1.807, 2.05) is 13.1 Å². The first-order valence-electron chi connectivity index (χ1n) is 4.76. The summed E-state index contributed by atoms with van der Waals surface area (Å²) >= 11 is 1.80. The van der Waals surface area contributed by atoms with Crippen molar-refractivity contribution in [2.75, 3.05) is 13.2 Å². The smallest absolute Gasteiger partial charge is 0.0950 e. The fourth-order valence-electron chi connectivity index (χ4n) is 1.01. The first-order valence-corrected chi connectivity index (χ1v) is 5.58. The second kappa shape index (κ2) is 5.35. The van der Waals surface area contributed by atoms with Crippen molar-refractivity contribution in [2.45, 2.75) is 33.1 Å². The van der Waals surface area contributed by atoms with E-state index in [2.05, 4.69) is 18.8 Å². The van der Waals surface area contributed by atoms with Gasteiger partial charge in [0.05, 0.1) is 11.6 Å². The van der Waals surface area contributed by atoms with Gasteiger partial charge in [-0.25, -0.2) is 4.98 Å². The molecule has 0 unspecified atom stereocenters. The monoisotopic (exact) mass is 199 g/mol. The molecule has 1 aromatic heterocycles. The molecule has 74 valence electrons. The van der Waals surface area contributed by atoms with Crippen molar-refractivity contribution in [3.05, 3.63) is 16.1 Å². The zero-order chi connectivity index (χ0) is 9.68. The van der Waals surface area contributed by atoms with Crippen LogP contribution in [0.25, 0.3) is 0 Å². The minimum absolute atomic E-state index is 0.596. The van der Waals surface area contributed by atoms with Gasteiger partial charge in [0.25, 0.3) is 0 Å². The normalized spacial score (nSPS) is 11.1. The maximum absolute atomic E-state index is 5.27. The standard InChI is InChI=1S/C10H17NOS/c1-4-12-6-5-10-11-7-9(13-10)8(2)3/h7-8H,4-6H2,1-3H3. The van der Waals surface area contributed by atoms with E-state index in [4.69, 9.17) is 4.74 Å². The summed E-state index contributed by atoms with van der Waals surface area (Å²) in [5.41, 5.74) is 0. The third-order valence-corrected chi connectivity index (χ3v) is 3.16. The molecule has 0 N–H and O–H groups in total. The molecule has 0 fully saturated rings. The third kappa shape index (κ3) is 3.44. The van der Waals surface area contributed by atoms with Crippen molar-refractivity contribution in [3.63, 3.8) is 0 Å². The van der Waals surface area contributed by atoms with Crippen molar-refractivity contribution in [3.8, 4) is 0 Å². The lowest BCUT2D eigenvalue weighted by Gasteiger charge is -1.98. The Balaban J connectivity index is 2.40. The number of nitrogens with zero attached hydrogens (tertiary/aromatic N) is 1. The summed E-state index contributed by atoms with van der Waals surface area (Å²) in [7, 11) is 0. The van der Waals surface area contributed by atoms with Gasteiger partial charge in [0.15, 0.2) is 0 Å². The number of rotatable bonds is 5. The number of hydrogen-bond acceptors (Lipinski definition) is 3. The van der Waals surface area contributed by atoms with Gasteiger partial charge in [0.2, 0.25) is 0 Å². The van der Waals surface area contributed by atoms with Crippen LogP contribution in [0.4, 0.5) is 0 Å². The van der Waals surface area contributed by atoms with Gasteiger partial charge in [-0.15, -0.1) is 11.3 Å². The summed E-state index contributed by atoms with van der Waals surface area (Å²) in [5, 5.41) is 1.19. The van der Waals surface area contributed by atoms with E-state index in [-0.39, 0.29) is 0 Å². The Labute approximate surface area is 84.0 Å². The van der Waals surface area contributed by atoms with Crippen LogP contribution < -0.4 is 0 Å². The van der Waals surface area contributed by atoms with Crippen molar-refractivity contribution in [1.82, 2.24) is 4.98 Å². The second-order valence-corrected chi connectivity index (χ2v) is 4.40. The fourth-order valence-corrected chi connectivity index (χ4v) is 1.91. The molecule has 0 atom stereocenters. The molecule has 1 rings (SSSR count). The molecule has 0 aliphatic heterocycles. The molecular weight excluding hydrogens is 182 g/mol. The molecule has 0 spiro atoms. The lowest BCUT2D eigenvalue weighted by atomic mass is 10.2. The highest BCUT2D eigenvalue weighted by Crippen LogP contribution is 2.21. The van der Waals surface area contributed by atoms with E-state index >= 15 is 0 Å². The Morgan fingerprint density at radius 3 is 2.85 bits per heavy atom. The molecular formula is C10H17NOS. The highest BCUT2D eigenvalue weighted by Gasteiger charge is 2.04. The first kappa shape index (κ1) is 10.7. The van der Waals surface area contributed by atoms with Crippen LogP contribution in [0.3, 0.4) is 0 Å². The van der Waals surface area contributed by atoms with Gasteiger partial charge in [0, 0.05) is 24.1 Å². The molecule has 13 heavy (non-hydrogen) atoms. The Hall–Kier alpha value is -0.410. The second-order valence-electron chi connectivity index (χ2n) is 3.26. The quantitative estimate of drug-likeness (QED) is 0.680. The summed E-state index contributed by atoms with van der Waals surface area (Å²) in [6.07, 6.45) is 2.93. The maximum Gasteiger partial charge on any atom is 0.0950 e. The predicted molar refractivity (Wildman–Crippen MR) is 56.4 cm³/mol. The highest BCUT2D eigenvalue weighted by molar-refractivity contribution is 7.11. The average molecular weight is 199 g/mol. The summed E-state index contributed by atoms with van der Waals surface area (Å²) in [6.45, 7) is 7.99. The zero-order valence-electron chi connectivity index (χ0n) is 8.54. The molecule has 1 aromatic rings. The number of ether oxygens (including phenoxy) is 1. The van der Waals surface area contributed by atoms with Crippen LogP contribution in [0.1, 0.15) is 36.6 Å². The Morgan fingerprint density at radius 1 is 1.54 bits per heavy atom. The fraction of sp³-hybridized carbons (Fsp3) is 0.700. The van der Waals surface area contributed by atoms with Crippen LogP contribution in [-0.2, 0) is 11.2 Å². The van der Waals surface area contributed by atoms with E-state index in [0.29, 0.717) is 5.92 Å². The molecule has 0 aliphatic carbocycles. The van der Waals surface area contributed by atoms with Gasteiger partial charge in [0.1, 0.15) is 0 Å². The third-order valence-electron chi connectivity index (χ3n) is 1.80. The number of hydrogen-bond donors (Lipinski definition) is 0. The van der Waals surface area contributed by atoms with Crippen LogP contribution in [0.15, 0.2) is 6.20 Å². The van der Waals surface area contributed by atoms with Gasteiger partial charge in [-0.1, -0.05) is 13.8 Å². The Morgan fingerprint density at radius 2 is 2.31 bits per heavy atom. The van der Waals surface area contributed by atoms with Crippen molar-refractivity contribution >= 4 is 11.3 Å². The van der Waals surface area contributed by atoms with E-state index in [9.17, 15) is 0 Å². The molecule has 0 aliphatic rings. The average Bonchev–Trinajstić information content (AvgIpc) is 2.53. The number of aromatic nitrogens is 1. The molecule has 1 heterocycles. The van der Waals surface area contributed by atoms with Crippen molar-refractivity contribution in [1.29, 1.82) is 0 Å². The van der Waals surface area contributed by atoms with Crippen LogP contribution >= 0.6 is 11.3 Å².